The first kappa shape index (κ1) is 17.4. The van der Waals surface area contributed by atoms with Gasteiger partial charge in [0.1, 0.15) is 0 Å². The van der Waals surface area contributed by atoms with Gasteiger partial charge in [-0.1, -0.05) is 31.0 Å². The van der Waals surface area contributed by atoms with E-state index in [2.05, 4.69) is 16.5 Å². The fourth-order valence-corrected chi connectivity index (χ4v) is 4.18. The van der Waals surface area contributed by atoms with E-state index in [0.717, 1.165) is 25.1 Å². The summed E-state index contributed by atoms with van der Waals surface area (Å²) in [5.74, 6) is 0. The lowest BCUT2D eigenvalue weighted by Crippen LogP contribution is -2.40. The van der Waals surface area contributed by atoms with E-state index >= 15 is 0 Å². The van der Waals surface area contributed by atoms with Gasteiger partial charge in [0.2, 0.25) is 10.0 Å². The van der Waals surface area contributed by atoms with Crippen LogP contribution in [-0.4, -0.2) is 39.0 Å². The van der Waals surface area contributed by atoms with Gasteiger partial charge in [-0.15, -0.1) is 0 Å². The van der Waals surface area contributed by atoms with Gasteiger partial charge in [0.15, 0.2) is 0 Å². The molecule has 1 aromatic rings. The first-order chi connectivity index (χ1) is 10.5. The molecule has 0 spiro atoms. The highest BCUT2D eigenvalue weighted by atomic mass is 32.2. The summed E-state index contributed by atoms with van der Waals surface area (Å²) in [6.07, 6.45) is 5.93. The van der Waals surface area contributed by atoms with Gasteiger partial charge in [0.25, 0.3) is 0 Å². The van der Waals surface area contributed by atoms with E-state index in [-0.39, 0.29) is 0 Å². The second-order valence-electron chi connectivity index (χ2n) is 6.16. The standard InChI is InChI=1S/C17H28N2O2S/c1-3-16-7-4-5-13-19(16)14-6-12-18-22(20,21)17-10-8-15(2)9-11-17/h8-11,16,18H,3-7,12-14H2,1-2H3. The molecule has 1 aliphatic heterocycles. The minimum Gasteiger partial charge on any atom is -0.300 e. The first-order valence-electron chi connectivity index (χ1n) is 8.33. The second kappa shape index (κ2) is 8.09. The van der Waals surface area contributed by atoms with Crippen molar-refractivity contribution in [3.8, 4) is 0 Å². The lowest BCUT2D eigenvalue weighted by molar-refractivity contribution is 0.143. The highest BCUT2D eigenvalue weighted by Crippen LogP contribution is 2.19. The predicted molar refractivity (Wildman–Crippen MR) is 90.5 cm³/mol. The zero-order valence-corrected chi connectivity index (χ0v) is 14.5. The van der Waals surface area contributed by atoms with Gasteiger partial charge >= 0.3 is 0 Å². The van der Waals surface area contributed by atoms with Crippen LogP contribution in [0.3, 0.4) is 0 Å². The highest BCUT2D eigenvalue weighted by molar-refractivity contribution is 7.89. The van der Waals surface area contributed by atoms with Crippen molar-refractivity contribution in [3.05, 3.63) is 29.8 Å². The smallest absolute Gasteiger partial charge is 0.240 e. The van der Waals surface area contributed by atoms with Crippen LogP contribution < -0.4 is 4.72 Å². The third-order valence-corrected chi connectivity index (χ3v) is 5.94. The monoisotopic (exact) mass is 324 g/mol. The number of aryl methyl sites for hydroxylation is 1. The van der Waals surface area contributed by atoms with Crippen molar-refractivity contribution in [2.75, 3.05) is 19.6 Å². The molecule has 0 bridgehead atoms. The van der Waals surface area contributed by atoms with Crippen LogP contribution in [0.5, 0.6) is 0 Å². The molecule has 0 radical (unpaired) electrons. The number of hydrogen-bond donors (Lipinski definition) is 1. The number of rotatable bonds is 7. The predicted octanol–water partition coefficient (Wildman–Crippen LogP) is 2.93. The number of sulfonamides is 1. The van der Waals surface area contributed by atoms with E-state index in [1.54, 1.807) is 12.1 Å². The molecule has 2 rings (SSSR count). The topological polar surface area (TPSA) is 49.4 Å². The van der Waals surface area contributed by atoms with E-state index in [1.807, 2.05) is 19.1 Å². The molecule has 1 atom stereocenters. The van der Waals surface area contributed by atoms with E-state index in [0.29, 0.717) is 17.5 Å². The molecule has 0 aliphatic carbocycles. The molecule has 4 nitrogen and oxygen atoms in total. The number of benzene rings is 1. The third kappa shape index (κ3) is 4.80. The van der Waals surface area contributed by atoms with Crippen molar-refractivity contribution < 1.29 is 8.42 Å². The summed E-state index contributed by atoms with van der Waals surface area (Å²) < 4.78 is 27.1. The van der Waals surface area contributed by atoms with Crippen LogP contribution >= 0.6 is 0 Å². The largest absolute Gasteiger partial charge is 0.300 e. The molecule has 5 heteroatoms. The van der Waals surface area contributed by atoms with Gasteiger partial charge in [-0.3, -0.25) is 0 Å². The van der Waals surface area contributed by atoms with Gasteiger partial charge in [-0.2, -0.15) is 0 Å². The van der Waals surface area contributed by atoms with E-state index in [4.69, 9.17) is 0 Å². The lowest BCUT2D eigenvalue weighted by Gasteiger charge is -2.35. The summed E-state index contributed by atoms with van der Waals surface area (Å²) in [5.41, 5.74) is 1.06. The molecule has 1 aromatic carbocycles. The zero-order valence-electron chi connectivity index (χ0n) is 13.7. The Balaban J connectivity index is 1.79. The third-order valence-electron chi connectivity index (χ3n) is 4.47. The molecule has 1 unspecified atom stereocenters. The zero-order chi connectivity index (χ0) is 16.0. The summed E-state index contributed by atoms with van der Waals surface area (Å²) in [6, 6.07) is 7.66. The van der Waals surface area contributed by atoms with Gasteiger partial charge in [-0.25, -0.2) is 13.1 Å². The quantitative estimate of drug-likeness (QED) is 0.785. The van der Waals surface area contributed by atoms with Crippen molar-refractivity contribution >= 4 is 10.0 Å². The van der Waals surface area contributed by atoms with Gasteiger partial charge < -0.3 is 4.90 Å². The average molecular weight is 324 g/mol. The Morgan fingerprint density at radius 2 is 1.95 bits per heavy atom. The molecule has 1 fully saturated rings. The number of hydrogen-bond acceptors (Lipinski definition) is 3. The van der Waals surface area contributed by atoms with E-state index < -0.39 is 10.0 Å². The Kier molecular flexibility index (Phi) is 6.41. The Labute approximate surface area is 135 Å². The first-order valence-corrected chi connectivity index (χ1v) is 9.81. The average Bonchev–Trinajstić information content (AvgIpc) is 2.52. The maximum Gasteiger partial charge on any atom is 0.240 e. The summed E-state index contributed by atoms with van der Waals surface area (Å²) in [4.78, 5) is 2.87. The minimum absolute atomic E-state index is 0.350. The molecule has 1 saturated heterocycles. The Bertz CT molecular complexity index is 555. The number of likely N-dealkylation sites (tertiary alicyclic amines) is 1. The van der Waals surface area contributed by atoms with Crippen molar-refractivity contribution in [2.45, 2.75) is 56.9 Å². The van der Waals surface area contributed by atoms with E-state index in [9.17, 15) is 8.42 Å². The number of piperidine rings is 1. The summed E-state index contributed by atoms with van der Waals surface area (Å²) >= 11 is 0. The molecule has 0 aromatic heterocycles. The van der Waals surface area contributed by atoms with Crippen molar-refractivity contribution in [1.82, 2.24) is 9.62 Å². The van der Waals surface area contributed by atoms with Gasteiger partial charge in [0.05, 0.1) is 4.90 Å². The van der Waals surface area contributed by atoms with Crippen LogP contribution in [0.15, 0.2) is 29.2 Å². The van der Waals surface area contributed by atoms with Crippen molar-refractivity contribution in [1.29, 1.82) is 0 Å². The molecule has 1 N–H and O–H groups in total. The SMILES string of the molecule is CCC1CCCCN1CCCNS(=O)(=O)c1ccc(C)cc1. The van der Waals surface area contributed by atoms with Crippen molar-refractivity contribution in [3.63, 3.8) is 0 Å². The van der Waals surface area contributed by atoms with Crippen LogP contribution in [-0.2, 0) is 10.0 Å². The molecule has 0 amide bonds. The molecule has 1 heterocycles. The maximum atomic E-state index is 12.2. The lowest BCUT2D eigenvalue weighted by atomic mass is 10.00. The Hall–Kier alpha value is -0.910. The minimum atomic E-state index is -3.37. The fourth-order valence-electron chi connectivity index (χ4n) is 3.11. The van der Waals surface area contributed by atoms with Gasteiger partial charge in [-0.05, 0) is 57.8 Å². The summed E-state index contributed by atoms with van der Waals surface area (Å²) in [5, 5.41) is 0. The normalized spacial score (nSPS) is 20.2. The fraction of sp³-hybridized carbons (Fsp3) is 0.647. The second-order valence-corrected chi connectivity index (χ2v) is 7.93. The molecule has 22 heavy (non-hydrogen) atoms. The highest BCUT2D eigenvalue weighted by Gasteiger charge is 2.20. The Morgan fingerprint density at radius 3 is 2.64 bits per heavy atom. The summed E-state index contributed by atoms with van der Waals surface area (Å²) in [7, 11) is -3.37. The van der Waals surface area contributed by atoms with Gasteiger partial charge in [0, 0.05) is 12.6 Å². The van der Waals surface area contributed by atoms with Crippen LogP contribution in [0.4, 0.5) is 0 Å². The van der Waals surface area contributed by atoms with Crippen molar-refractivity contribution in [2.24, 2.45) is 0 Å². The van der Waals surface area contributed by atoms with Crippen LogP contribution in [0, 0.1) is 6.92 Å². The van der Waals surface area contributed by atoms with Crippen LogP contribution in [0.1, 0.15) is 44.6 Å². The molecular weight excluding hydrogens is 296 g/mol. The number of nitrogens with one attached hydrogen (secondary N) is 1. The molecule has 0 saturated carbocycles. The molecular formula is C17H28N2O2S. The number of nitrogens with zero attached hydrogens (tertiary/aromatic N) is 1. The van der Waals surface area contributed by atoms with E-state index in [1.165, 1.54) is 25.7 Å². The maximum absolute atomic E-state index is 12.2. The van der Waals surface area contributed by atoms with Crippen LogP contribution in [0.2, 0.25) is 0 Å². The van der Waals surface area contributed by atoms with Crippen LogP contribution in [0.25, 0.3) is 0 Å². The summed E-state index contributed by atoms with van der Waals surface area (Å²) in [6.45, 7) is 6.83. The molecule has 124 valence electrons. The Morgan fingerprint density at radius 1 is 1.23 bits per heavy atom. The molecule has 1 aliphatic rings.